The van der Waals surface area contributed by atoms with Crippen molar-refractivity contribution in [3.05, 3.63) is 24.3 Å². The van der Waals surface area contributed by atoms with E-state index in [0.717, 1.165) is 0 Å². The summed E-state index contributed by atoms with van der Waals surface area (Å²) >= 11 is -1.68. The van der Waals surface area contributed by atoms with Gasteiger partial charge in [-0.05, 0) is 12.1 Å². The Morgan fingerprint density at radius 1 is 1.46 bits per heavy atom. The van der Waals surface area contributed by atoms with Crippen molar-refractivity contribution < 1.29 is 18.1 Å². The van der Waals surface area contributed by atoms with Gasteiger partial charge < -0.3 is 9.29 Å². The van der Waals surface area contributed by atoms with Gasteiger partial charge in [0.1, 0.15) is 5.75 Å². The zero-order chi connectivity index (χ0) is 9.84. The molecule has 0 heterocycles. The first-order chi connectivity index (χ1) is 6.09. The van der Waals surface area contributed by atoms with Crippen molar-refractivity contribution >= 4 is 11.4 Å². The van der Waals surface area contributed by atoms with Crippen LogP contribution >= 0.6 is 0 Å². The Balaban J connectivity index is 2.79. The molecule has 0 radical (unpaired) electrons. The van der Waals surface area contributed by atoms with E-state index in [1.807, 2.05) is 0 Å². The van der Waals surface area contributed by atoms with Crippen LogP contribution in [-0.4, -0.2) is 11.2 Å². The van der Waals surface area contributed by atoms with Gasteiger partial charge in [-0.25, -0.2) is 0 Å². The lowest BCUT2D eigenvalue weighted by molar-refractivity contribution is -0.0499. The lowest BCUT2D eigenvalue weighted by Gasteiger charge is -2.06. The molecule has 1 unspecified atom stereocenters. The molecule has 3 nitrogen and oxygen atoms in total. The van der Waals surface area contributed by atoms with Crippen molar-refractivity contribution in [2.24, 2.45) is 5.14 Å². The molecule has 1 rings (SSSR count). The van der Waals surface area contributed by atoms with Crippen LogP contribution in [0.5, 0.6) is 5.75 Å². The molecule has 0 fully saturated rings. The van der Waals surface area contributed by atoms with Gasteiger partial charge in [0.05, 0.1) is 11.4 Å². The van der Waals surface area contributed by atoms with Crippen molar-refractivity contribution in [3.63, 3.8) is 0 Å². The number of hydrogen-bond donors (Lipinski definition) is 1. The van der Waals surface area contributed by atoms with Gasteiger partial charge in [0.15, 0.2) is 4.90 Å². The van der Waals surface area contributed by atoms with E-state index < -0.39 is 18.0 Å². The summed E-state index contributed by atoms with van der Waals surface area (Å²) < 4.78 is 38.3. The molecule has 0 aliphatic rings. The summed E-state index contributed by atoms with van der Waals surface area (Å²) in [5.74, 6) is -0.0497. The number of halogens is 2. The smallest absolute Gasteiger partial charge is 0.387 e. The molecular weight excluding hydrogens is 200 g/mol. The lowest BCUT2D eigenvalue weighted by Crippen LogP contribution is -2.12. The summed E-state index contributed by atoms with van der Waals surface area (Å²) in [6, 6.07) is 5.46. The van der Waals surface area contributed by atoms with E-state index in [1.54, 1.807) is 0 Å². The molecule has 1 aromatic rings. The topological polar surface area (TPSA) is 58.3 Å². The molecular formula is C7H7F2NO2S. The molecule has 0 saturated heterocycles. The largest absolute Gasteiger partial charge is 0.593 e. The Morgan fingerprint density at radius 2 is 2.15 bits per heavy atom. The molecule has 0 aliphatic carbocycles. The standard InChI is InChI=1S/C7H7F2NO2S/c8-7(9)12-5-2-1-3-6(4-5)13(10)11/h1-4,7H,10H2. The predicted molar refractivity (Wildman–Crippen MR) is 43.7 cm³/mol. The lowest BCUT2D eigenvalue weighted by atomic mass is 10.3. The summed E-state index contributed by atoms with van der Waals surface area (Å²) in [6.07, 6.45) is 0. The van der Waals surface area contributed by atoms with E-state index in [2.05, 4.69) is 4.74 Å². The number of benzene rings is 1. The van der Waals surface area contributed by atoms with E-state index in [0.29, 0.717) is 0 Å². The molecule has 1 atom stereocenters. The third-order valence-corrected chi connectivity index (χ3v) is 1.98. The third-order valence-electron chi connectivity index (χ3n) is 1.26. The number of hydrogen-bond acceptors (Lipinski definition) is 3. The van der Waals surface area contributed by atoms with Gasteiger partial charge in [0.2, 0.25) is 0 Å². The van der Waals surface area contributed by atoms with Crippen LogP contribution in [0.1, 0.15) is 0 Å². The fourth-order valence-corrected chi connectivity index (χ4v) is 1.22. The Morgan fingerprint density at radius 3 is 2.69 bits per heavy atom. The minimum atomic E-state index is -2.89. The first-order valence-corrected chi connectivity index (χ1v) is 4.52. The predicted octanol–water partition coefficient (Wildman–Crippen LogP) is 1.27. The zero-order valence-corrected chi connectivity index (χ0v) is 7.26. The molecule has 0 aliphatic heterocycles. The second kappa shape index (κ2) is 4.40. The first kappa shape index (κ1) is 10.2. The monoisotopic (exact) mass is 207 g/mol. The van der Waals surface area contributed by atoms with Crippen LogP contribution < -0.4 is 9.88 Å². The summed E-state index contributed by atoms with van der Waals surface area (Å²) in [6.45, 7) is -2.89. The van der Waals surface area contributed by atoms with E-state index in [1.165, 1.54) is 24.3 Å². The van der Waals surface area contributed by atoms with Gasteiger partial charge in [-0.3, -0.25) is 0 Å². The summed E-state index contributed by atoms with van der Waals surface area (Å²) in [7, 11) is 0. The van der Waals surface area contributed by atoms with E-state index >= 15 is 0 Å². The molecule has 6 heteroatoms. The van der Waals surface area contributed by atoms with Crippen LogP contribution in [0.15, 0.2) is 29.2 Å². The van der Waals surface area contributed by atoms with Crippen LogP contribution in [0, 0.1) is 0 Å². The number of alkyl halides is 2. The molecule has 0 bridgehead atoms. The van der Waals surface area contributed by atoms with Gasteiger partial charge in [-0.2, -0.15) is 8.78 Å². The van der Waals surface area contributed by atoms with Crippen molar-refractivity contribution in [3.8, 4) is 5.75 Å². The first-order valence-electron chi connectivity index (χ1n) is 3.30. The molecule has 0 saturated carbocycles. The fourth-order valence-electron chi connectivity index (χ4n) is 0.776. The molecule has 2 N–H and O–H groups in total. The quantitative estimate of drug-likeness (QED) is 0.759. The molecule has 0 aromatic heterocycles. The zero-order valence-electron chi connectivity index (χ0n) is 6.44. The van der Waals surface area contributed by atoms with Gasteiger partial charge in [0, 0.05) is 6.07 Å². The highest BCUT2D eigenvalue weighted by atomic mass is 32.2. The van der Waals surface area contributed by atoms with Gasteiger partial charge in [-0.1, -0.05) is 6.07 Å². The fraction of sp³-hybridized carbons (Fsp3) is 0.143. The number of ether oxygens (including phenoxy) is 1. The Bertz CT molecular complexity index is 283. The van der Waals surface area contributed by atoms with Gasteiger partial charge in [-0.15, -0.1) is 5.14 Å². The Kier molecular flexibility index (Phi) is 3.47. The van der Waals surface area contributed by atoms with Crippen LogP contribution in [0.25, 0.3) is 0 Å². The second-order valence-corrected chi connectivity index (χ2v) is 3.22. The maximum Gasteiger partial charge on any atom is 0.387 e. The molecule has 0 amide bonds. The number of rotatable bonds is 3. The molecule has 72 valence electrons. The van der Waals surface area contributed by atoms with Crippen LogP contribution in [0.4, 0.5) is 8.78 Å². The maximum absolute atomic E-state index is 11.7. The third kappa shape index (κ3) is 3.17. The minimum Gasteiger partial charge on any atom is -0.593 e. The molecule has 1 aromatic carbocycles. The summed E-state index contributed by atoms with van der Waals surface area (Å²) in [4.78, 5) is 0.248. The van der Waals surface area contributed by atoms with Gasteiger partial charge in [0.25, 0.3) is 0 Å². The number of nitrogens with two attached hydrogens (primary N) is 1. The average molecular weight is 207 g/mol. The van der Waals surface area contributed by atoms with Crippen molar-refractivity contribution in [2.75, 3.05) is 0 Å². The van der Waals surface area contributed by atoms with Crippen LogP contribution in [0.2, 0.25) is 0 Å². The Labute approximate surface area is 76.8 Å². The van der Waals surface area contributed by atoms with Crippen molar-refractivity contribution in [1.82, 2.24) is 0 Å². The van der Waals surface area contributed by atoms with Crippen LogP contribution in [0.3, 0.4) is 0 Å². The van der Waals surface area contributed by atoms with Crippen molar-refractivity contribution in [2.45, 2.75) is 11.5 Å². The van der Waals surface area contributed by atoms with E-state index in [-0.39, 0.29) is 10.6 Å². The van der Waals surface area contributed by atoms with E-state index in [9.17, 15) is 13.3 Å². The molecule has 0 spiro atoms. The second-order valence-electron chi connectivity index (χ2n) is 2.15. The summed E-state index contributed by atoms with van der Waals surface area (Å²) in [5, 5.41) is 5.04. The highest BCUT2D eigenvalue weighted by molar-refractivity contribution is 7.89. The normalized spacial score (nSPS) is 13.0. The molecule has 13 heavy (non-hydrogen) atoms. The Hall–Kier alpha value is -0.850. The average Bonchev–Trinajstić information content (AvgIpc) is 2.03. The highest BCUT2D eigenvalue weighted by Gasteiger charge is 2.09. The van der Waals surface area contributed by atoms with Gasteiger partial charge >= 0.3 is 6.61 Å². The highest BCUT2D eigenvalue weighted by Crippen LogP contribution is 2.17. The summed E-state index contributed by atoms with van der Waals surface area (Å²) in [5.41, 5.74) is 0. The van der Waals surface area contributed by atoms with Crippen molar-refractivity contribution in [1.29, 1.82) is 0 Å². The van der Waals surface area contributed by atoms with Crippen LogP contribution in [-0.2, 0) is 11.4 Å². The maximum atomic E-state index is 11.7. The van der Waals surface area contributed by atoms with E-state index in [4.69, 9.17) is 5.14 Å². The minimum absolute atomic E-state index is 0.0497. The SMILES string of the molecule is N[S+]([O-])c1cccc(OC(F)F)c1.